The second-order valence-electron chi connectivity index (χ2n) is 18.9. The Morgan fingerprint density at radius 1 is 0.288 bits per heavy atom. The molecule has 5 aromatic rings. The van der Waals surface area contributed by atoms with Crippen molar-refractivity contribution in [1.82, 2.24) is 15.0 Å². The van der Waals surface area contributed by atoms with Crippen LogP contribution in [0.25, 0.3) is 19.8 Å². The predicted octanol–water partition coefficient (Wildman–Crippen LogP) is 19.8. The van der Waals surface area contributed by atoms with Crippen LogP contribution in [0.15, 0.2) is 42.9 Å². The number of nitrogens with zero attached hydrogens (tertiary/aromatic N) is 3. The lowest BCUT2D eigenvalue weighted by atomic mass is 9.95. The van der Waals surface area contributed by atoms with Gasteiger partial charge in [0.05, 0.1) is 5.01 Å². The van der Waals surface area contributed by atoms with Crippen LogP contribution < -0.4 is 0 Å². The number of hydrogen-bond acceptors (Lipinski definition) is 8. The van der Waals surface area contributed by atoms with E-state index >= 15 is 0 Å². The van der Waals surface area contributed by atoms with Crippen molar-refractivity contribution in [1.29, 1.82) is 0 Å². The third kappa shape index (κ3) is 21.8. The van der Waals surface area contributed by atoms with E-state index in [4.69, 9.17) is 0 Å². The van der Waals surface area contributed by atoms with Crippen molar-refractivity contribution in [2.75, 3.05) is 0 Å². The molecule has 340 valence electrons. The highest BCUT2D eigenvalue weighted by atomic mass is 32.1. The van der Waals surface area contributed by atoms with Gasteiger partial charge in [-0.15, -0.1) is 56.7 Å². The zero-order valence-corrected chi connectivity index (χ0v) is 47.5. The molecular formula is C51H91N3S5. The first-order valence-corrected chi connectivity index (χ1v) is 26.3. The van der Waals surface area contributed by atoms with E-state index in [0.717, 1.165) is 10.0 Å². The van der Waals surface area contributed by atoms with Gasteiger partial charge < -0.3 is 0 Å². The summed E-state index contributed by atoms with van der Waals surface area (Å²) in [4.78, 5) is 23.2. The van der Waals surface area contributed by atoms with E-state index in [-0.39, 0.29) is 32.5 Å². The third-order valence-electron chi connectivity index (χ3n) is 7.49. The molecule has 0 bridgehead atoms. The number of hydrogen-bond donors (Lipinski definition) is 0. The maximum absolute atomic E-state index is 4.51. The van der Waals surface area contributed by atoms with E-state index in [1.165, 1.54) is 39.1 Å². The maximum atomic E-state index is 4.51. The number of rotatable bonds is 2. The van der Waals surface area contributed by atoms with E-state index < -0.39 is 0 Å². The smallest absolute Gasteiger partial charge is 0.152 e. The van der Waals surface area contributed by atoms with Gasteiger partial charge in [0.2, 0.25) is 0 Å². The second kappa shape index (κ2) is 27.4. The minimum Gasteiger partial charge on any atom is -0.249 e. The lowest BCUT2D eigenvalue weighted by molar-refractivity contribution is 0.585. The fourth-order valence-electron chi connectivity index (χ4n) is 4.15. The van der Waals surface area contributed by atoms with Gasteiger partial charge in [-0.1, -0.05) is 194 Å². The summed E-state index contributed by atoms with van der Waals surface area (Å²) in [6, 6.07) is 9.08. The van der Waals surface area contributed by atoms with Gasteiger partial charge in [-0.05, 0) is 51.3 Å². The molecule has 0 saturated heterocycles. The molecule has 0 amide bonds. The normalized spacial score (nSPS) is 11.4. The standard InChI is InChI=1S/C16H22S2.C14H20N2S2.C11H19NS.5C2H6/c1-15(2,3)13-9-7-11(17-13)12-8-10-14(18-12)16(4,5)6;1-13(2,3)9-7-15-11(17-9)12-16-8-10(18-12)14(4,5)6;1-10(2,3)8-7-12-9(13-8)11(4,5)6;5*1-2/h7-10H,1-6H3;7-8H,1-6H3;7H,1-6H3;5*1-2H3. The summed E-state index contributed by atoms with van der Waals surface area (Å²) in [6.07, 6.45) is 5.99. The van der Waals surface area contributed by atoms with Crippen LogP contribution in [0.3, 0.4) is 0 Å². The van der Waals surface area contributed by atoms with Gasteiger partial charge in [0.25, 0.3) is 0 Å². The highest BCUT2D eigenvalue weighted by Crippen LogP contribution is 2.41. The van der Waals surface area contributed by atoms with Crippen LogP contribution in [0.1, 0.15) is 223 Å². The summed E-state index contributed by atoms with van der Waals surface area (Å²) in [7, 11) is 0. The molecule has 5 heterocycles. The van der Waals surface area contributed by atoms with E-state index in [1.54, 1.807) is 22.7 Å². The van der Waals surface area contributed by atoms with Gasteiger partial charge in [-0.2, -0.15) is 0 Å². The van der Waals surface area contributed by atoms with Gasteiger partial charge in [-0.25, -0.2) is 15.0 Å². The van der Waals surface area contributed by atoms with Gasteiger partial charge >= 0.3 is 0 Å². The lowest BCUT2D eigenvalue weighted by Gasteiger charge is -2.16. The SMILES string of the molecule is CC.CC.CC.CC.CC.CC(C)(C)c1ccc(-c2ccc(C(C)(C)C)s2)s1.CC(C)(C)c1cnc(-c2ncc(C(C)(C)C)s2)s1.CC(C)(C)c1cnc(C(C)(C)C)s1. The zero-order valence-electron chi connectivity index (χ0n) is 43.4. The molecule has 0 fully saturated rings. The maximum Gasteiger partial charge on any atom is 0.152 e. The Morgan fingerprint density at radius 3 is 0.729 bits per heavy atom. The van der Waals surface area contributed by atoms with Crippen molar-refractivity contribution < 1.29 is 0 Å². The molecule has 0 aliphatic carbocycles. The van der Waals surface area contributed by atoms with Crippen molar-refractivity contribution in [3.05, 3.63) is 72.2 Å². The average Bonchev–Trinajstić information content (AvgIpc) is 3.98. The fraction of sp³-hybridized carbons (Fsp3) is 0.667. The first-order chi connectivity index (χ1) is 27.1. The van der Waals surface area contributed by atoms with E-state index in [2.05, 4.69) is 164 Å². The van der Waals surface area contributed by atoms with Crippen LogP contribution in [0.4, 0.5) is 0 Å². The van der Waals surface area contributed by atoms with Gasteiger partial charge in [-0.3, -0.25) is 0 Å². The number of aromatic nitrogens is 3. The van der Waals surface area contributed by atoms with Crippen molar-refractivity contribution in [3.63, 3.8) is 0 Å². The van der Waals surface area contributed by atoms with Crippen molar-refractivity contribution >= 4 is 56.7 Å². The van der Waals surface area contributed by atoms with Crippen LogP contribution in [-0.4, -0.2) is 15.0 Å². The molecule has 5 rings (SSSR count). The van der Waals surface area contributed by atoms with Crippen LogP contribution in [-0.2, 0) is 32.5 Å². The molecule has 0 spiro atoms. The quantitative estimate of drug-likeness (QED) is 0.177. The summed E-state index contributed by atoms with van der Waals surface area (Å²) in [5.74, 6) is 0. The van der Waals surface area contributed by atoms with E-state index in [1.807, 2.05) is 122 Å². The average molecular weight is 907 g/mol. The molecular weight excluding hydrogens is 815 g/mol. The molecule has 0 radical (unpaired) electrons. The second-order valence-corrected chi connectivity index (χ2v) is 24.2. The monoisotopic (exact) mass is 906 g/mol. The molecule has 0 aromatic carbocycles. The van der Waals surface area contributed by atoms with Gasteiger partial charge in [0, 0.05) is 58.1 Å². The third-order valence-corrected chi connectivity index (χ3v) is 15.5. The van der Waals surface area contributed by atoms with Gasteiger partial charge in [0.15, 0.2) is 10.0 Å². The summed E-state index contributed by atoms with van der Waals surface area (Å²) in [6.45, 7) is 60.2. The van der Waals surface area contributed by atoms with Crippen LogP contribution in [0, 0.1) is 0 Å². The molecule has 0 atom stereocenters. The Hall–Kier alpha value is -1.71. The Labute approximate surface area is 387 Å². The predicted molar refractivity (Wildman–Crippen MR) is 282 cm³/mol. The van der Waals surface area contributed by atoms with E-state index in [0.29, 0.717) is 0 Å². The van der Waals surface area contributed by atoms with Crippen LogP contribution >= 0.6 is 56.7 Å². The first kappa shape index (κ1) is 61.6. The largest absolute Gasteiger partial charge is 0.249 e. The van der Waals surface area contributed by atoms with Crippen molar-refractivity contribution in [2.45, 2.75) is 226 Å². The minimum atomic E-state index is 0.167. The molecule has 8 heteroatoms. The van der Waals surface area contributed by atoms with Crippen LogP contribution in [0.5, 0.6) is 0 Å². The molecule has 5 aromatic heterocycles. The molecule has 0 aliphatic rings. The summed E-state index contributed by atoms with van der Waals surface area (Å²) < 4.78 is 0. The number of thiazole rings is 3. The molecule has 3 nitrogen and oxygen atoms in total. The van der Waals surface area contributed by atoms with Crippen molar-refractivity contribution in [2.24, 2.45) is 0 Å². The van der Waals surface area contributed by atoms with Crippen molar-refractivity contribution in [3.8, 4) is 19.8 Å². The van der Waals surface area contributed by atoms with E-state index in [9.17, 15) is 0 Å². The minimum absolute atomic E-state index is 0.167. The zero-order chi connectivity index (χ0) is 47.4. The summed E-state index contributed by atoms with van der Waals surface area (Å²) in [5.41, 5.74) is 1.27. The summed E-state index contributed by atoms with van der Waals surface area (Å²) >= 11 is 9.20. The Morgan fingerprint density at radius 2 is 0.542 bits per heavy atom. The molecule has 0 saturated carbocycles. The Bertz CT molecular complexity index is 1540. The number of thiophene rings is 2. The van der Waals surface area contributed by atoms with Gasteiger partial charge in [0.1, 0.15) is 0 Å². The Kier molecular flexibility index (Phi) is 28.6. The van der Waals surface area contributed by atoms with Crippen LogP contribution in [0.2, 0.25) is 0 Å². The topological polar surface area (TPSA) is 38.7 Å². The highest BCUT2D eigenvalue weighted by molar-refractivity contribution is 7.22. The fourth-order valence-corrected chi connectivity index (χ4v) is 9.38. The molecule has 0 aliphatic heterocycles. The first-order valence-electron chi connectivity index (χ1n) is 22.2. The molecule has 59 heavy (non-hydrogen) atoms. The summed E-state index contributed by atoms with van der Waals surface area (Å²) in [5, 5.41) is 3.32. The Balaban J connectivity index is -0.000000726. The molecule has 0 N–H and O–H groups in total. The highest BCUT2D eigenvalue weighted by Gasteiger charge is 2.24. The molecule has 0 unspecified atom stereocenters. The lowest BCUT2D eigenvalue weighted by Crippen LogP contribution is -2.10.